The lowest BCUT2D eigenvalue weighted by molar-refractivity contribution is -0.385. The summed E-state index contributed by atoms with van der Waals surface area (Å²) in [5.41, 5.74) is 5.31. The monoisotopic (exact) mass is 458 g/mol. The van der Waals surface area contributed by atoms with Gasteiger partial charge >= 0.3 is 5.97 Å². The van der Waals surface area contributed by atoms with E-state index < -0.39 is 29.0 Å². The molecule has 0 aliphatic carbocycles. The molecule has 0 aliphatic heterocycles. The van der Waals surface area contributed by atoms with E-state index in [1.165, 1.54) is 37.4 Å². The summed E-state index contributed by atoms with van der Waals surface area (Å²) in [6.45, 7) is 1.51. The number of rotatable bonds is 9. The molecule has 0 spiro atoms. The molecular formula is C20H19FN6O6. The third-order valence-electron chi connectivity index (χ3n) is 4.13. The highest BCUT2D eigenvalue weighted by Crippen LogP contribution is 2.35. The number of nitro benzene ring substituents is 1. The summed E-state index contributed by atoms with van der Waals surface area (Å²) in [4.78, 5) is 35.2. The van der Waals surface area contributed by atoms with Crippen molar-refractivity contribution in [1.29, 1.82) is 0 Å². The molecule has 0 saturated carbocycles. The molecule has 3 aromatic rings. The van der Waals surface area contributed by atoms with Crippen LogP contribution in [-0.4, -0.2) is 39.6 Å². The Morgan fingerprint density at radius 1 is 1.18 bits per heavy atom. The van der Waals surface area contributed by atoms with Crippen molar-refractivity contribution >= 4 is 29.2 Å². The summed E-state index contributed by atoms with van der Waals surface area (Å²) in [6, 6.07) is 7.67. The average Bonchev–Trinajstić information content (AvgIpc) is 2.78. The van der Waals surface area contributed by atoms with E-state index in [0.717, 1.165) is 6.07 Å². The maximum Gasteiger partial charge on any atom is 0.345 e. The van der Waals surface area contributed by atoms with Crippen LogP contribution < -0.4 is 20.5 Å². The van der Waals surface area contributed by atoms with Crippen molar-refractivity contribution < 1.29 is 28.3 Å². The SMILES string of the molecule is CCOc1cc(C(=O)OCc2nc(N)nc(Nc3ccc(F)cc3)n2)c([N+](=O)[O-])cc1OC. The second-order valence-corrected chi connectivity index (χ2v) is 6.35. The summed E-state index contributed by atoms with van der Waals surface area (Å²) in [7, 11) is 1.32. The summed E-state index contributed by atoms with van der Waals surface area (Å²) in [6.07, 6.45) is 0. The van der Waals surface area contributed by atoms with E-state index in [0.29, 0.717) is 5.69 Å². The number of aromatic nitrogens is 3. The van der Waals surface area contributed by atoms with Crippen molar-refractivity contribution in [2.45, 2.75) is 13.5 Å². The number of carbonyl (C=O) groups excluding carboxylic acids is 1. The zero-order valence-corrected chi connectivity index (χ0v) is 17.6. The number of nitro groups is 1. The number of benzene rings is 2. The van der Waals surface area contributed by atoms with Crippen LogP contribution in [0.5, 0.6) is 11.5 Å². The Kier molecular flexibility index (Phi) is 7.13. The first-order chi connectivity index (χ1) is 15.8. The van der Waals surface area contributed by atoms with Gasteiger partial charge in [-0.1, -0.05) is 0 Å². The zero-order valence-electron chi connectivity index (χ0n) is 17.6. The largest absolute Gasteiger partial charge is 0.493 e. The maximum atomic E-state index is 13.1. The number of nitrogens with two attached hydrogens (primary N) is 1. The number of methoxy groups -OCH3 is 1. The molecule has 13 heteroatoms. The molecule has 0 amide bonds. The number of ether oxygens (including phenoxy) is 3. The fourth-order valence-corrected chi connectivity index (χ4v) is 2.72. The van der Waals surface area contributed by atoms with E-state index in [-0.39, 0.29) is 41.4 Å². The van der Waals surface area contributed by atoms with Gasteiger partial charge in [-0.2, -0.15) is 15.0 Å². The van der Waals surface area contributed by atoms with Gasteiger partial charge in [-0.3, -0.25) is 10.1 Å². The normalized spacial score (nSPS) is 10.4. The van der Waals surface area contributed by atoms with Crippen molar-refractivity contribution in [3.05, 3.63) is 63.7 Å². The van der Waals surface area contributed by atoms with E-state index in [4.69, 9.17) is 19.9 Å². The average molecular weight is 458 g/mol. The Morgan fingerprint density at radius 2 is 1.91 bits per heavy atom. The number of hydrogen-bond acceptors (Lipinski definition) is 11. The molecule has 0 unspecified atom stereocenters. The van der Waals surface area contributed by atoms with Gasteiger partial charge in [0, 0.05) is 11.8 Å². The molecule has 33 heavy (non-hydrogen) atoms. The second kappa shape index (κ2) is 10.2. The highest BCUT2D eigenvalue weighted by atomic mass is 19.1. The first kappa shape index (κ1) is 23.1. The van der Waals surface area contributed by atoms with Gasteiger partial charge in [-0.05, 0) is 31.2 Å². The molecule has 0 saturated heterocycles. The number of esters is 1. The van der Waals surface area contributed by atoms with Crippen LogP contribution >= 0.6 is 0 Å². The van der Waals surface area contributed by atoms with Gasteiger partial charge in [0.15, 0.2) is 23.9 Å². The van der Waals surface area contributed by atoms with Gasteiger partial charge in [0.25, 0.3) is 5.69 Å². The predicted octanol–water partition coefficient (Wildman–Crippen LogP) is 3.01. The predicted molar refractivity (Wildman–Crippen MR) is 114 cm³/mol. The smallest absolute Gasteiger partial charge is 0.345 e. The number of anilines is 3. The number of nitrogen functional groups attached to an aromatic ring is 1. The Balaban J connectivity index is 1.80. The van der Waals surface area contributed by atoms with E-state index >= 15 is 0 Å². The number of nitrogens with zero attached hydrogens (tertiary/aromatic N) is 4. The molecule has 1 heterocycles. The molecule has 3 N–H and O–H groups in total. The molecule has 1 aromatic heterocycles. The molecule has 0 atom stereocenters. The first-order valence-corrected chi connectivity index (χ1v) is 9.50. The zero-order chi connectivity index (χ0) is 24.0. The van der Waals surface area contributed by atoms with Crippen LogP contribution in [0.3, 0.4) is 0 Å². The van der Waals surface area contributed by atoms with E-state index in [1.54, 1.807) is 6.92 Å². The third-order valence-corrected chi connectivity index (χ3v) is 4.13. The minimum Gasteiger partial charge on any atom is -0.493 e. The lowest BCUT2D eigenvalue weighted by atomic mass is 10.1. The molecule has 0 bridgehead atoms. The Hall–Kier alpha value is -4.55. The number of hydrogen-bond donors (Lipinski definition) is 2. The van der Waals surface area contributed by atoms with Gasteiger partial charge in [-0.15, -0.1) is 0 Å². The van der Waals surface area contributed by atoms with E-state index in [9.17, 15) is 19.3 Å². The Labute approximate surface area is 186 Å². The van der Waals surface area contributed by atoms with Gasteiger partial charge in [0.1, 0.15) is 11.4 Å². The number of carbonyl (C=O) groups is 1. The van der Waals surface area contributed by atoms with Crippen molar-refractivity contribution in [1.82, 2.24) is 15.0 Å². The maximum absolute atomic E-state index is 13.1. The molecule has 0 aliphatic rings. The van der Waals surface area contributed by atoms with Gasteiger partial charge in [0.2, 0.25) is 11.9 Å². The summed E-state index contributed by atoms with van der Waals surface area (Å²) in [5, 5.41) is 14.3. The third kappa shape index (κ3) is 5.78. The topological polar surface area (TPSA) is 165 Å². The van der Waals surface area contributed by atoms with Gasteiger partial charge < -0.3 is 25.3 Å². The molecule has 0 radical (unpaired) electrons. The number of nitrogens with one attached hydrogen (secondary N) is 1. The van der Waals surface area contributed by atoms with Crippen LogP contribution in [0.4, 0.5) is 27.7 Å². The fourth-order valence-electron chi connectivity index (χ4n) is 2.72. The highest BCUT2D eigenvalue weighted by molar-refractivity contribution is 5.95. The molecule has 172 valence electrons. The van der Waals surface area contributed by atoms with Crippen LogP contribution in [0.25, 0.3) is 0 Å². The molecule has 3 rings (SSSR count). The summed E-state index contributed by atoms with van der Waals surface area (Å²) >= 11 is 0. The van der Waals surface area contributed by atoms with Crippen molar-refractivity contribution in [3.8, 4) is 11.5 Å². The van der Waals surface area contributed by atoms with Crippen molar-refractivity contribution in [3.63, 3.8) is 0 Å². The lowest BCUT2D eigenvalue weighted by Gasteiger charge is -2.12. The Bertz CT molecular complexity index is 1170. The van der Waals surface area contributed by atoms with Crippen LogP contribution in [0.15, 0.2) is 36.4 Å². The Morgan fingerprint density at radius 3 is 2.55 bits per heavy atom. The standard InChI is InChI=1S/C20H19FN6O6/c1-3-32-16-8-13(14(27(29)30)9-15(16)31-2)18(28)33-10-17-24-19(22)26-20(25-17)23-12-6-4-11(21)5-7-12/h4-9H,3,10H2,1-2H3,(H3,22,23,24,25,26). The summed E-state index contributed by atoms with van der Waals surface area (Å²) < 4.78 is 28.7. The fraction of sp³-hybridized carbons (Fsp3) is 0.200. The van der Waals surface area contributed by atoms with Crippen LogP contribution in [0, 0.1) is 15.9 Å². The minimum atomic E-state index is -1.00. The lowest BCUT2D eigenvalue weighted by Crippen LogP contribution is -2.13. The van der Waals surface area contributed by atoms with Gasteiger partial charge in [-0.25, -0.2) is 9.18 Å². The summed E-state index contributed by atoms with van der Waals surface area (Å²) in [5.74, 6) is -1.30. The quantitative estimate of drug-likeness (QED) is 0.275. The molecular weight excluding hydrogens is 439 g/mol. The van der Waals surface area contributed by atoms with Crippen LogP contribution in [0.1, 0.15) is 23.1 Å². The van der Waals surface area contributed by atoms with Crippen molar-refractivity contribution in [2.24, 2.45) is 0 Å². The van der Waals surface area contributed by atoms with Gasteiger partial charge in [0.05, 0.1) is 24.7 Å². The minimum absolute atomic E-state index is 0.0124. The number of halogens is 1. The second-order valence-electron chi connectivity index (χ2n) is 6.35. The molecule has 2 aromatic carbocycles. The van der Waals surface area contributed by atoms with Crippen LogP contribution in [0.2, 0.25) is 0 Å². The van der Waals surface area contributed by atoms with E-state index in [2.05, 4.69) is 20.3 Å². The first-order valence-electron chi connectivity index (χ1n) is 9.50. The van der Waals surface area contributed by atoms with E-state index in [1.807, 2.05) is 0 Å². The van der Waals surface area contributed by atoms with Crippen molar-refractivity contribution in [2.75, 3.05) is 24.8 Å². The van der Waals surface area contributed by atoms with Crippen LogP contribution in [-0.2, 0) is 11.3 Å². The molecule has 0 fully saturated rings. The molecule has 12 nitrogen and oxygen atoms in total. The highest BCUT2D eigenvalue weighted by Gasteiger charge is 2.26.